The molecule has 1 fully saturated rings. The summed E-state index contributed by atoms with van der Waals surface area (Å²) in [5.74, 6) is 0.133. The number of hydrogen-bond acceptors (Lipinski definition) is 3. The van der Waals surface area contributed by atoms with Crippen molar-refractivity contribution in [1.29, 1.82) is 0 Å². The third kappa shape index (κ3) is 3.96. The SMILES string of the molecule is Cc1cc(O)ccc1C(=O)NCCC1CCCCN1. The molecule has 0 radical (unpaired) electrons. The van der Waals surface area contributed by atoms with Crippen molar-refractivity contribution in [1.82, 2.24) is 10.6 Å². The minimum Gasteiger partial charge on any atom is -0.508 e. The number of carbonyl (C=O) groups excluding carboxylic acids is 1. The number of amides is 1. The topological polar surface area (TPSA) is 61.4 Å². The van der Waals surface area contributed by atoms with Crippen molar-refractivity contribution in [3.63, 3.8) is 0 Å². The van der Waals surface area contributed by atoms with Gasteiger partial charge in [-0.2, -0.15) is 0 Å². The van der Waals surface area contributed by atoms with Gasteiger partial charge in [-0.25, -0.2) is 0 Å². The van der Waals surface area contributed by atoms with Gasteiger partial charge < -0.3 is 15.7 Å². The Labute approximate surface area is 114 Å². The van der Waals surface area contributed by atoms with E-state index in [0.717, 1.165) is 18.5 Å². The predicted octanol–water partition coefficient (Wildman–Crippen LogP) is 1.96. The molecule has 104 valence electrons. The Morgan fingerprint density at radius 2 is 2.32 bits per heavy atom. The van der Waals surface area contributed by atoms with Gasteiger partial charge in [0.1, 0.15) is 5.75 Å². The zero-order chi connectivity index (χ0) is 13.7. The number of phenols is 1. The van der Waals surface area contributed by atoms with Crippen molar-refractivity contribution >= 4 is 5.91 Å². The van der Waals surface area contributed by atoms with Crippen molar-refractivity contribution < 1.29 is 9.90 Å². The highest BCUT2D eigenvalue weighted by Gasteiger charge is 2.13. The Bertz CT molecular complexity index is 440. The van der Waals surface area contributed by atoms with E-state index in [9.17, 15) is 9.90 Å². The van der Waals surface area contributed by atoms with E-state index in [4.69, 9.17) is 0 Å². The molecule has 4 heteroatoms. The summed E-state index contributed by atoms with van der Waals surface area (Å²) in [6.45, 7) is 3.61. The summed E-state index contributed by atoms with van der Waals surface area (Å²) in [4.78, 5) is 12.0. The number of aromatic hydroxyl groups is 1. The summed E-state index contributed by atoms with van der Waals surface area (Å²) in [5.41, 5.74) is 1.43. The molecule has 4 nitrogen and oxygen atoms in total. The average Bonchev–Trinajstić information content (AvgIpc) is 2.39. The molecule has 1 aromatic carbocycles. The van der Waals surface area contributed by atoms with Gasteiger partial charge in [0.2, 0.25) is 0 Å². The van der Waals surface area contributed by atoms with Gasteiger partial charge in [0.15, 0.2) is 0 Å². The maximum Gasteiger partial charge on any atom is 0.251 e. The van der Waals surface area contributed by atoms with Crippen molar-refractivity contribution in [2.75, 3.05) is 13.1 Å². The molecule has 1 amide bonds. The highest BCUT2D eigenvalue weighted by atomic mass is 16.3. The molecule has 19 heavy (non-hydrogen) atoms. The van der Waals surface area contributed by atoms with E-state index in [1.54, 1.807) is 18.2 Å². The molecular weight excluding hydrogens is 240 g/mol. The van der Waals surface area contributed by atoms with Crippen LogP contribution in [0.5, 0.6) is 5.75 Å². The van der Waals surface area contributed by atoms with Crippen LogP contribution in [0.4, 0.5) is 0 Å². The van der Waals surface area contributed by atoms with E-state index < -0.39 is 0 Å². The number of phenolic OH excluding ortho intramolecular Hbond substituents is 1. The number of carbonyl (C=O) groups is 1. The van der Waals surface area contributed by atoms with E-state index >= 15 is 0 Å². The first-order valence-electron chi connectivity index (χ1n) is 6.98. The van der Waals surface area contributed by atoms with Gasteiger partial charge in [0.25, 0.3) is 5.91 Å². The summed E-state index contributed by atoms with van der Waals surface area (Å²) in [7, 11) is 0. The highest BCUT2D eigenvalue weighted by Crippen LogP contribution is 2.15. The van der Waals surface area contributed by atoms with Gasteiger partial charge >= 0.3 is 0 Å². The zero-order valence-electron chi connectivity index (χ0n) is 11.4. The predicted molar refractivity (Wildman–Crippen MR) is 75.4 cm³/mol. The molecule has 1 atom stereocenters. The van der Waals surface area contributed by atoms with Crippen LogP contribution >= 0.6 is 0 Å². The maximum absolute atomic E-state index is 12.0. The minimum absolute atomic E-state index is 0.0618. The summed E-state index contributed by atoms with van der Waals surface area (Å²) in [6, 6.07) is 5.36. The molecular formula is C15H22N2O2. The summed E-state index contributed by atoms with van der Waals surface area (Å²) < 4.78 is 0. The molecule has 1 aliphatic rings. The quantitative estimate of drug-likeness (QED) is 0.777. The highest BCUT2D eigenvalue weighted by molar-refractivity contribution is 5.95. The largest absolute Gasteiger partial charge is 0.508 e. The Balaban J connectivity index is 1.80. The number of piperidine rings is 1. The van der Waals surface area contributed by atoms with E-state index in [-0.39, 0.29) is 11.7 Å². The third-order valence-electron chi connectivity index (χ3n) is 3.65. The minimum atomic E-state index is -0.0618. The maximum atomic E-state index is 12.0. The summed E-state index contributed by atoms with van der Waals surface area (Å²) in [6.07, 6.45) is 4.72. The molecule has 1 saturated heterocycles. The first-order valence-corrected chi connectivity index (χ1v) is 6.98. The van der Waals surface area contributed by atoms with Gasteiger partial charge in [-0.3, -0.25) is 4.79 Å². The van der Waals surface area contributed by atoms with Crippen LogP contribution in [0, 0.1) is 6.92 Å². The average molecular weight is 262 g/mol. The fourth-order valence-corrected chi connectivity index (χ4v) is 2.53. The molecule has 1 unspecified atom stereocenters. The first kappa shape index (κ1) is 13.9. The van der Waals surface area contributed by atoms with Crippen LogP contribution in [-0.2, 0) is 0 Å². The Morgan fingerprint density at radius 3 is 3.00 bits per heavy atom. The number of hydrogen-bond donors (Lipinski definition) is 3. The van der Waals surface area contributed by atoms with Crippen LogP contribution in [0.2, 0.25) is 0 Å². The Kier molecular flexibility index (Phi) is 4.80. The molecule has 2 rings (SSSR count). The molecule has 0 bridgehead atoms. The van der Waals surface area contributed by atoms with Gasteiger partial charge in [-0.05, 0) is 56.5 Å². The van der Waals surface area contributed by atoms with Crippen LogP contribution in [0.15, 0.2) is 18.2 Å². The van der Waals surface area contributed by atoms with E-state index in [1.807, 2.05) is 6.92 Å². The molecule has 0 saturated carbocycles. The van der Waals surface area contributed by atoms with Gasteiger partial charge in [-0.15, -0.1) is 0 Å². The van der Waals surface area contributed by atoms with Crippen LogP contribution in [-0.4, -0.2) is 30.1 Å². The molecule has 1 aliphatic heterocycles. The lowest BCUT2D eigenvalue weighted by atomic mass is 10.0. The van der Waals surface area contributed by atoms with Crippen molar-refractivity contribution in [2.45, 2.75) is 38.6 Å². The van der Waals surface area contributed by atoms with Crippen LogP contribution < -0.4 is 10.6 Å². The second-order valence-electron chi connectivity index (χ2n) is 5.19. The van der Waals surface area contributed by atoms with E-state index in [0.29, 0.717) is 18.2 Å². The van der Waals surface area contributed by atoms with Gasteiger partial charge in [0, 0.05) is 18.2 Å². The normalized spacial score (nSPS) is 19.1. The fourth-order valence-electron chi connectivity index (χ4n) is 2.53. The van der Waals surface area contributed by atoms with E-state index in [2.05, 4.69) is 10.6 Å². The molecule has 1 aromatic rings. The fraction of sp³-hybridized carbons (Fsp3) is 0.533. The zero-order valence-corrected chi connectivity index (χ0v) is 11.4. The third-order valence-corrected chi connectivity index (χ3v) is 3.65. The van der Waals surface area contributed by atoms with Crippen molar-refractivity contribution in [3.8, 4) is 5.75 Å². The molecule has 0 spiro atoms. The Morgan fingerprint density at radius 1 is 1.47 bits per heavy atom. The molecule has 1 heterocycles. The number of nitrogens with one attached hydrogen (secondary N) is 2. The second-order valence-corrected chi connectivity index (χ2v) is 5.19. The number of benzene rings is 1. The van der Waals surface area contributed by atoms with Gasteiger partial charge in [-0.1, -0.05) is 6.42 Å². The number of rotatable bonds is 4. The van der Waals surface area contributed by atoms with Crippen LogP contribution in [0.3, 0.4) is 0 Å². The standard InChI is InChI=1S/C15H22N2O2/c1-11-10-13(18)5-6-14(11)15(19)17-9-7-12-4-2-3-8-16-12/h5-6,10,12,16,18H,2-4,7-9H2,1H3,(H,17,19). The summed E-state index contributed by atoms with van der Waals surface area (Å²) in [5, 5.41) is 15.7. The lowest BCUT2D eigenvalue weighted by Gasteiger charge is -2.23. The molecule has 3 N–H and O–H groups in total. The Hall–Kier alpha value is -1.55. The monoisotopic (exact) mass is 262 g/mol. The first-order chi connectivity index (χ1) is 9.16. The molecule has 0 aliphatic carbocycles. The molecule has 0 aromatic heterocycles. The van der Waals surface area contributed by atoms with Crippen molar-refractivity contribution in [3.05, 3.63) is 29.3 Å². The van der Waals surface area contributed by atoms with Crippen LogP contribution in [0.25, 0.3) is 0 Å². The van der Waals surface area contributed by atoms with Crippen molar-refractivity contribution in [2.24, 2.45) is 0 Å². The lowest BCUT2D eigenvalue weighted by molar-refractivity contribution is 0.0951. The van der Waals surface area contributed by atoms with E-state index in [1.165, 1.54) is 19.3 Å². The lowest BCUT2D eigenvalue weighted by Crippen LogP contribution is -2.37. The smallest absolute Gasteiger partial charge is 0.251 e. The van der Waals surface area contributed by atoms with Crippen LogP contribution in [0.1, 0.15) is 41.6 Å². The van der Waals surface area contributed by atoms with Gasteiger partial charge in [0.05, 0.1) is 0 Å². The number of aryl methyl sites for hydroxylation is 1. The second kappa shape index (κ2) is 6.57. The summed E-state index contributed by atoms with van der Waals surface area (Å²) >= 11 is 0.